The summed E-state index contributed by atoms with van der Waals surface area (Å²) in [5.41, 5.74) is 4.38. The molecule has 0 aliphatic rings. The van der Waals surface area contributed by atoms with Gasteiger partial charge in [0.2, 0.25) is 5.91 Å². The number of benzene rings is 2. The summed E-state index contributed by atoms with van der Waals surface area (Å²) in [4.78, 5) is 14.2. The van der Waals surface area contributed by atoms with E-state index in [9.17, 15) is 4.79 Å². The lowest BCUT2D eigenvalue weighted by Crippen LogP contribution is -2.27. The van der Waals surface area contributed by atoms with Gasteiger partial charge in [-0.25, -0.2) is 0 Å². The van der Waals surface area contributed by atoms with Gasteiger partial charge in [0.1, 0.15) is 5.58 Å². The summed E-state index contributed by atoms with van der Waals surface area (Å²) < 4.78 is 5.55. The van der Waals surface area contributed by atoms with Crippen LogP contribution < -0.4 is 0 Å². The number of likely N-dealkylation sites (N-methyl/N-ethyl adjacent to an activating group) is 1. The zero-order valence-electron chi connectivity index (χ0n) is 13.7. The Morgan fingerprint density at radius 1 is 1.25 bits per heavy atom. The molecule has 0 aliphatic carbocycles. The van der Waals surface area contributed by atoms with E-state index in [-0.39, 0.29) is 5.91 Å². The Morgan fingerprint density at radius 2 is 2.08 bits per heavy atom. The van der Waals surface area contributed by atoms with Crippen LogP contribution >= 0.6 is 0 Å². The first-order valence-electron chi connectivity index (χ1n) is 7.76. The molecule has 1 heterocycles. The topological polar surface area (TPSA) is 57.2 Å². The van der Waals surface area contributed by atoms with Crippen molar-refractivity contribution < 1.29 is 9.21 Å². The van der Waals surface area contributed by atoms with Crippen LogP contribution in [0.25, 0.3) is 11.0 Å². The first kappa shape index (κ1) is 15.8. The quantitative estimate of drug-likeness (QED) is 0.735. The van der Waals surface area contributed by atoms with Crippen LogP contribution in [-0.2, 0) is 17.8 Å². The van der Waals surface area contributed by atoms with Gasteiger partial charge < -0.3 is 9.32 Å². The molecule has 0 unspecified atom stereocenters. The van der Waals surface area contributed by atoms with Gasteiger partial charge in [0.05, 0.1) is 24.3 Å². The molecular weight excluding hydrogens is 300 g/mol. The molecule has 3 aromatic rings. The van der Waals surface area contributed by atoms with E-state index in [0.717, 1.165) is 27.7 Å². The van der Waals surface area contributed by atoms with Crippen molar-refractivity contribution in [3.8, 4) is 6.07 Å². The van der Waals surface area contributed by atoms with Crippen molar-refractivity contribution in [2.75, 3.05) is 7.05 Å². The van der Waals surface area contributed by atoms with Crippen molar-refractivity contribution in [2.24, 2.45) is 0 Å². The van der Waals surface area contributed by atoms with Crippen molar-refractivity contribution in [2.45, 2.75) is 19.9 Å². The molecule has 0 saturated heterocycles. The highest BCUT2D eigenvalue weighted by molar-refractivity contribution is 5.87. The largest absolute Gasteiger partial charge is 0.464 e. The Balaban J connectivity index is 1.72. The van der Waals surface area contributed by atoms with Gasteiger partial charge in [-0.15, -0.1) is 0 Å². The number of furan rings is 1. The van der Waals surface area contributed by atoms with Crippen LogP contribution in [0.15, 0.2) is 53.1 Å². The van der Waals surface area contributed by atoms with Gasteiger partial charge in [-0.1, -0.05) is 24.3 Å². The van der Waals surface area contributed by atoms with Gasteiger partial charge in [-0.05, 0) is 36.2 Å². The zero-order chi connectivity index (χ0) is 17.1. The Kier molecular flexibility index (Phi) is 4.35. The fourth-order valence-corrected chi connectivity index (χ4v) is 2.73. The van der Waals surface area contributed by atoms with E-state index in [1.54, 1.807) is 30.3 Å². The summed E-state index contributed by atoms with van der Waals surface area (Å²) in [5, 5.41) is 9.94. The summed E-state index contributed by atoms with van der Waals surface area (Å²) in [5.74, 6) is 0.0145. The monoisotopic (exact) mass is 318 g/mol. The van der Waals surface area contributed by atoms with Gasteiger partial charge >= 0.3 is 0 Å². The normalized spacial score (nSPS) is 10.5. The molecule has 3 rings (SSSR count). The van der Waals surface area contributed by atoms with Gasteiger partial charge in [0.25, 0.3) is 0 Å². The first-order chi connectivity index (χ1) is 11.6. The Hall–Kier alpha value is -3.06. The Labute approximate surface area is 140 Å². The molecule has 0 aliphatic heterocycles. The molecule has 0 atom stereocenters. The number of aryl methyl sites for hydroxylation is 1. The zero-order valence-corrected chi connectivity index (χ0v) is 13.7. The SMILES string of the molecule is Cc1ccc2c(CC(=O)N(C)Cc3cccc(C#N)c3)coc2c1. The number of hydrogen-bond donors (Lipinski definition) is 0. The fraction of sp³-hybridized carbons (Fsp3) is 0.200. The molecule has 0 fully saturated rings. The van der Waals surface area contributed by atoms with Crippen LogP contribution in [0, 0.1) is 18.3 Å². The molecular formula is C20H18N2O2. The third-order valence-corrected chi connectivity index (χ3v) is 4.05. The number of hydrogen-bond acceptors (Lipinski definition) is 3. The van der Waals surface area contributed by atoms with Gasteiger partial charge in [-0.3, -0.25) is 4.79 Å². The van der Waals surface area contributed by atoms with Crippen molar-refractivity contribution in [1.29, 1.82) is 5.26 Å². The number of carbonyl (C=O) groups is 1. The van der Waals surface area contributed by atoms with E-state index in [1.165, 1.54) is 0 Å². The molecule has 0 saturated carbocycles. The van der Waals surface area contributed by atoms with E-state index in [1.807, 2.05) is 37.3 Å². The Morgan fingerprint density at radius 3 is 2.88 bits per heavy atom. The van der Waals surface area contributed by atoms with Crippen LogP contribution in [0.2, 0.25) is 0 Å². The lowest BCUT2D eigenvalue weighted by atomic mass is 10.1. The molecule has 0 spiro atoms. The predicted molar refractivity (Wildman–Crippen MR) is 92.3 cm³/mol. The summed E-state index contributed by atoms with van der Waals surface area (Å²) in [6, 6.07) is 15.4. The molecule has 2 aromatic carbocycles. The minimum absolute atomic E-state index is 0.0145. The average molecular weight is 318 g/mol. The minimum Gasteiger partial charge on any atom is -0.464 e. The highest BCUT2D eigenvalue weighted by Gasteiger charge is 2.14. The van der Waals surface area contributed by atoms with E-state index >= 15 is 0 Å². The van der Waals surface area contributed by atoms with Gasteiger partial charge in [0.15, 0.2) is 0 Å². The molecule has 0 bridgehead atoms. The highest BCUT2D eigenvalue weighted by Crippen LogP contribution is 2.23. The van der Waals surface area contributed by atoms with Crippen molar-refractivity contribution in [3.05, 3.63) is 71.0 Å². The summed E-state index contributed by atoms with van der Waals surface area (Å²) in [6.45, 7) is 2.49. The van der Waals surface area contributed by atoms with Crippen LogP contribution in [0.3, 0.4) is 0 Å². The maximum Gasteiger partial charge on any atom is 0.227 e. The third kappa shape index (κ3) is 3.31. The van der Waals surface area contributed by atoms with Crippen LogP contribution in [0.4, 0.5) is 0 Å². The Bertz CT molecular complexity index is 934. The number of amides is 1. The molecule has 4 nitrogen and oxygen atoms in total. The minimum atomic E-state index is 0.0145. The molecule has 4 heteroatoms. The van der Waals surface area contributed by atoms with E-state index in [4.69, 9.17) is 9.68 Å². The molecule has 1 amide bonds. The predicted octanol–water partition coefficient (Wildman–Crippen LogP) is 3.81. The molecule has 1 aromatic heterocycles. The maximum atomic E-state index is 12.5. The number of fused-ring (bicyclic) bond motifs is 1. The van der Waals surface area contributed by atoms with E-state index < -0.39 is 0 Å². The second-order valence-electron chi connectivity index (χ2n) is 6.00. The van der Waals surface area contributed by atoms with Crippen LogP contribution in [0.1, 0.15) is 22.3 Å². The molecule has 0 radical (unpaired) electrons. The molecule has 120 valence electrons. The van der Waals surface area contributed by atoms with Crippen LogP contribution in [-0.4, -0.2) is 17.9 Å². The second-order valence-corrected chi connectivity index (χ2v) is 6.00. The van der Waals surface area contributed by atoms with Crippen molar-refractivity contribution >= 4 is 16.9 Å². The number of nitriles is 1. The number of rotatable bonds is 4. The van der Waals surface area contributed by atoms with Crippen LogP contribution in [0.5, 0.6) is 0 Å². The smallest absolute Gasteiger partial charge is 0.227 e. The van der Waals surface area contributed by atoms with Gasteiger partial charge in [-0.2, -0.15) is 5.26 Å². The standard InChI is InChI=1S/C20H18N2O2/c1-14-6-7-18-17(13-24-19(18)8-14)10-20(23)22(2)12-16-5-3-4-15(9-16)11-21/h3-9,13H,10,12H2,1-2H3. The lowest BCUT2D eigenvalue weighted by Gasteiger charge is -2.17. The summed E-state index contributed by atoms with van der Waals surface area (Å²) in [7, 11) is 1.77. The summed E-state index contributed by atoms with van der Waals surface area (Å²) >= 11 is 0. The highest BCUT2D eigenvalue weighted by atomic mass is 16.3. The van der Waals surface area contributed by atoms with Crippen molar-refractivity contribution in [3.63, 3.8) is 0 Å². The maximum absolute atomic E-state index is 12.5. The average Bonchev–Trinajstić information content (AvgIpc) is 2.96. The summed E-state index contributed by atoms with van der Waals surface area (Å²) in [6.07, 6.45) is 1.96. The van der Waals surface area contributed by atoms with E-state index in [2.05, 4.69) is 6.07 Å². The van der Waals surface area contributed by atoms with E-state index in [0.29, 0.717) is 18.5 Å². The second kappa shape index (κ2) is 6.59. The first-order valence-corrected chi connectivity index (χ1v) is 7.76. The fourth-order valence-electron chi connectivity index (χ4n) is 2.73. The molecule has 0 N–H and O–H groups in total. The third-order valence-electron chi connectivity index (χ3n) is 4.05. The number of carbonyl (C=O) groups excluding carboxylic acids is 1. The lowest BCUT2D eigenvalue weighted by molar-refractivity contribution is -0.129. The number of nitrogens with zero attached hydrogens (tertiary/aromatic N) is 2. The molecule has 24 heavy (non-hydrogen) atoms. The van der Waals surface area contributed by atoms with Crippen molar-refractivity contribution in [1.82, 2.24) is 4.90 Å². The van der Waals surface area contributed by atoms with Gasteiger partial charge in [0, 0.05) is 24.5 Å².